The largest absolute Gasteiger partial charge is 0.323 e. The van der Waals surface area contributed by atoms with Crippen LogP contribution in [0.5, 0.6) is 0 Å². The molecule has 2 aromatic rings. The molecular weight excluding hydrogens is 393 g/mol. The Bertz CT molecular complexity index is 802. The van der Waals surface area contributed by atoms with Crippen LogP contribution in [0.25, 0.3) is 0 Å². The summed E-state index contributed by atoms with van der Waals surface area (Å²) in [7, 11) is 0. The minimum absolute atomic E-state index is 0.0833. The Balaban J connectivity index is 1.29. The van der Waals surface area contributed by atoms with E-state index in [1.165, 1.54) is 18.4 Å². The topological polar surface area (TPSA) is 35.6 Å². The van der Waals surface area contributed by atoms with Crippen LogP contribution >= 0.6 is 23.2 Å². The number of piperidine rings is 1. The fourth-order valence-electron chi connectivity index (χ4n) is 4.38. The lowest BCUT2D eigenvalue weighted by Gasteiger charge is -2.36. The van der Waals surface area contributed by atoms with E-state index in [4.69, 9.17) is 23.2 Å². The van der Waals surface area contributed by atoms with E-state index in [9.17, 15) is 4.79 Å². The Morgan fingerprint density at radius 3 is 2.29 bits per heavy atom. The van der Waals surface area contributed by atoms with Crippen molar-refractivity contribution < 1.29 is 4.79 Å². The zero-order valence-electron chi connectivity index (χ0n) is 15.8. The molecule has 4 nitrogen and oxygen atoms in total. The summed E-state index contributed by atoms with van der Waals surface area (Å²) in [5.41, 5.74) is 2.09. The number of benzene rings is 2. The summed E-state index contributed by atoms with van der Waals surface area (Å²) in [6.45, 7) is 3.76. The van der Waals surface area contributed by atoms with Gasteiger partial charge < -0.3 is 10.2 Å². The van der Waals surface area contributed by atoms with Gasteiger partial charge in [-0.3, -0.25) is 4.90 Å². The summed E-state index contributed by atoms with van der Waals surface area (Å²) in [6, 6.07) is 16.3. The zero-order chi connectivity index (χ0) is 19.5. The van der Waals surface area contributed by atoms with Gasteiger partial charge in [0.15, 0.2) is 0 Å². The molecule has 2 aliphatic heterocycles. The Morgan fingerprint density at radius 1 is 0.929 bits per heavy atom. The second kappa shape index (κ2) is 8.73. The lowest BCUT2D eigenvalue weighted by molar-refractivity contribution is 0.153. The molecule has 2 aliphatic rings. The first-order valence-electron chi connectivity index (χ1n) is 9.89. The SMILES string of the molecule is O=C(Nc1cc(Cl)cc(Cl)c1)N1CCC(N2CCC(c3ccccc3)CC2)C1. The predicted octanol–water partition coefficient (Wildman–Crippen LogP) is 5.48. The van der Waals surface area contributed by atoms with Gasteiger partial charge in [0.05, 0.1) is 0 Å². The number of halogens is 2. The molecule has 0 aromatic heterocycles. The molecule has 2 aromatic carbocycles. The minimum Gasteiger partial charge on any atom is -0.323 e. The van der Waals surface area contributed by atoms with Gasteiger partial charge in [-0.05, 0) is 62.0 Å². The highest BCUT2D eigenvalue weighted by Crippen LogP contribution is 2.30. The summed E-state index contributed by atoms with van der Waals surface area (Å²) in [5.74, 6) is 0.658. The Kier molecular flexibility index (Phi) is 6.10. The molecular formula is C22H25Cl2N3O. The van der Waals surface area contributed by atoms with Crippen LogP contribution in [0.4, 0.5) is 10.5 Å². The maximum atomic E-state index is 12.6. The molecule has 6 heteroatoms. The molecule has 0 bridgehead atoms. The van der Waals surface area contributed by atoms with E-state index < -0.39 is 0 Å². The highest BCUT2D eigenvalue weighted by atomic mass is 35.5. The number of carbonyl (C=O) groups is 1. The van der Waals surface area contributed by atoms with E-state index >= 15 is 0 Å². The normalized spacial score (nSPS) is 21.1. The van der Waals surface area contributed by atoms with Crippen molar-refractivity contribution in [3.05, 3.63) is 64.1 Å². The monoisotopic (exact) mass is 417 g/mol. The van der Waals surface area contributed by atoms with Crippen LogP contribution in [-0.2, 0) is 0 Å². The summed E-state index contributed by atoms with van der Waals surface area (Å²) < 4.78 is 0. The molecule has 0 saturated carbocycles. The summed E-state index contributed by atoms with van der Waals surface area (Å²) in [6.07, 6.45) is 3.40. The Labute approximate surface area is 176 Å². The standard InChI is InChI=1S/C22H25Cl2N3O/c23-18-12-19(24)14-20(13-18)25-22(28)27-11-8-21(15-27)26-9-6-17(7-10-26)16-4-2-1-3-5-16/h1-5,12-14,17,21H,6-11,15H2,(H,25,28). The highest BCUT2D eigenvalue weighted by Gasteiger charge is 2.32. The van der Waals surface area contributed by atoms with Gasteiger partial charge >= 0.3 is 6.03 Å². The van der Waals surface area contributed by atoms with Crippen molar-refractivity contribution in [3.8, 4) is 0 Å². The fourth-order valence-corrected chi connectivity index (χ4v) is 4.90. The third-order valence-corrected chi connectivity index (χ3v) is 6.32. The lowest BCUT2D eigenvalue weighted by atomic mass is 9.89. The first-order valence-corrected chi connectivity index (χ1v) is 10.6. The molecule has 1 N–H and O–H groups in total. The van der Waals surface area contributed by atoms with Gasteiger partial charge in [-0.15, -0.1) is 0 Å². The van der Waals surface area contributed by atoms with E-state index in [0.717, 1.165) is 32.6 Å². The van der Waals surface area contributed by atoms with E-state index in [1.807, 2.05) is 4.90 Å². The predicted molar refractivity (Wildman–Crippen MR) is 115 cm³/mol. The van der Waals surface area contributed by atoms with Gasteiger partial charge in [-0.1, -0.05) is 53.5 Å². The Morgan fingerprint density at radius 2 is 1.61 bits per heavy atom. The number of rotatable bonds is 3. The summed E-state index contributed by atoms with van der Waals surface area (Å²) in [5, 5.41) is 3.95. The number of nitrogens with zero attached hydrogens (tertiary/aromatic N) is 2. The van der Waals surface area contributed by atoms with Crippen molar-refractivity contribution in [1.29, 1.82) is 0 Å². The number of carbonyl (C=O) groups excluding carboxylic acids is 1. The average Bonchev–Trinajstić information content (AvgIpc) is 3.18. The lowest BCUT2D eigenvalue weighted by Crippen LogP contribution is -2.43. The molecule has 2 amide bonds. The summed E-state index contributed by atoms with van der Waals surface area (Å²) in [4.78, 5) is 17.1. The van der Waals surface area contributed by atoms with Gasteiger partial charge in [0.2, 0.25) is 0 Å². The molecule has 1 atom stereocenters. The van der Waals surface area contributed by atoms with Crippen molar-refractivity contribution in [2.45, 2.75) is 31.2 Å². The average molecular weight is 418 g/mol. The van der Waals surface area contributed by atoms with Crippen molar-refractivity contribution >= 4 is 34.9 Å². The number of anilines is 1. The molecule has 148 valence electrons. The molecule has 1 unspecified atom stereocenters. The third-order valence-electron chi connectivity index (χ3n) is 5.88. The maximum absolute atomic E-state index is 12.6. The first kappa shape index (κ1) is 19.6. The molecule has 2 heterocycles. The van der Waals surface area contributed by atoms with Crippen LogP contribution in [0.2, 0.25) is 10.0 Å². The van der Waals surface area contributed by atoms with Crippen LogP contribution < -0.4 is 5.32 Å². The van der Waals surface area contributed by atoms with E-state index in [1.54, 1.807) is 18.2 Å². The van der Waals surface area contributed by atoms with Crippen LogP contribution in [-0.4, -0.2) is 48.1 Å². The fraction of sp³-hybridized carbons (Fsp3) is 0.409. The van der Waals surface area contributed by atoms with Crippen molar-refractivity contribution in [1.82, 2.24) is 9.80 Å². The van der Waals surface area contributed by atoms with Gasteiger partial charge in [-0.25, -0.2) is 4.79 Å². The number of likely N-dealkylation sites (tertiary alicyclic amines) is 2. The van der Waals surface area contributed by atoms with Crippen molar-refractivity contribution in [2.75, 3.05) is 31.5 Å². The summed E-state index contributed by atoms with van der Waals surface area (Å²) >= 11 is 12.0. The quantitative estimate of drug-likeness (QED) is 0.717. The molecule has 2 fully saturated rings. The maximum Gasteiger partial charge on any atom is 0.321 e. The van der Waals surface area contributed by atoms with E-state index in [-0.39, 0.29) is 6.03 Å². The molecule has 4 rings (SSSR count). The first-order chi connectivity index (χ1) is 13.6. The van der Waals surface area contributed by atoms with Crippen LogP contribution in [0, 0.1) is 0 Å². The molecule has 28 heavy (non-hydrogen) atoms. The third kappa shape index (κ3) is 4.62. The number of nitrogens with one attached hydrogen (secondary N) is 1. The van der Waals surface area contributed by atoms with Gasteiger partial charge in [-0.2, -0.15) is 0 Å². The second-order valence-electron chi connectivity index (χ2n) is 7.70. The number of urea groups is 1. The van der Waals surface area contributed by atoms with Gasteiger partial charge in [0.1, 0.15) is 0 Å². The van der Waals surface area contributed by atoms with Crippen molar-refractivity contribution in [2.24, 2.45) is 0 Å². The molecule has 0 aliphatic carbocycles. The molecule has 0 spiro atoms. The highest BCUT2D eigenvalue weighted by molar-refractivity contribution is 6.35. The number of hydrogen-bond acceptors (Lipinski definition) is 2. The number of hydrogen-bond donors (Lipinski definition) is 1. The smallest absolute Gasteiger partial charge is 0.321 e. The van der Waals surface area contributed by atoms with Crippen molar-refractivity contribution in [3.63, 3.8) is 0 Å². The van der Waals surface area contributed by atoms with E-state index in [0.29, 0.717) is 27.7 Å². The minimum atomic E-state index is -0.0833. The van der Waals surface area contributed by atoms with Gasteiger partial charge in [0.25, 0.3) is 0 Å². The van der Waals surface area contributed by atoms with Crippen LogP contribution in [0.1, 0.15) is 30.7 Å². The Hall–Kier alpha value is -1.75. The number of amides is 2. The zero-order valence-corrected chi connectivity index (χ0v) is 17.3. The van der Waals surface area contributed by atoms with Crippen LogP contribution in [0.15, 0.2) is 48.5 Å². The molecule has 2 saturated heterocycles. The molecule has 0 radical (unpaired) electrons. The second-order valence-corrected chi connectivity index (χ2v) is 8.57. The van der Waals surface area contributed by atoms with Crippen LogP contribution in [0.3, 0.4) is 0 Å². The van der Waals surface area contributed by atoms with Gasteiger partial charge in [0, 0.05) is 34.9 Å². The van der Waals surface area contributed by atoms with E-state index in [2.05, 4.69) is 40.5 Å².